The van der Waals surface area contributed by atoms with E-state index in [9.17, 15) is 0 Å². The highest BCUT2D eigenvalue weighted by Gasteiger charge is 2.12. The average molecular weight is 313 g/mol. The van der Waals surface area contributed by atoms with Crippen molar-refractivity contribution in [2.75, 3.05) is 18.5 Å². The van der Waals surface area contributed by atoms with Crippen LogP contribution in [0.5, 0.6) is 11.5 Å². The Labute approximate surface area is 131 Å². The quantitative estimate of drug-likeness (QED) is 0.777. The maximum atomic E-state index is 5.72. The van der Waals surface area contributed by atoms with Crippen molar-refractivity contribution in [2.24, 2.45) is 0 Å². The summed E-state index contributed by atoms with van der Waals surface area (Å²) in [4.78, 5) is 10.9. The largest absolute Gasteiger partial charge is 0.490 e. The summed E-state index contributed by atoms with van der Waals surface area (Å²) in [6.45, 7) is 3.45. The van der Waals surface area contributed by atoms with Gasteiger partial charge in [0.2, 0.25) is 0 Å². The fraction of sp³-hybridized carbons (Fsp3) is 0.250. The standard InChI is InChI=1S/C16H15N3O2S/c1-10-7-12-15(17-9-18-16(12)22-10)19-11-3-4-13-14(8-11)21-6-2-5-20-13/h3-4,7-9H,2,5-6H2,1H3,(H,17,18,19). The second-order valence-corrected chi connectivity index (χ2v) is 6.37. The first-order chi connectivity index (χ1) is 10.8. The molecule has 0 saturated heterocycles. The van der Waals surface area contributed by atoms with Crippen LogP contribution in [0.1, 0.15) is 11.3 Å². The predicted octanol–water partition coefficient (Wildman–Crippen LogP) is 3.90. The SMILES string of the molecule is Cc1cc2c(Nc3ccc4c(c3)OCCCO4)ncnc2s1. The lowest BCUT2D eigenvalue weighted by atomic mass is 10.2. The van der Waals surface area contributed by atoms with Crippen LogP contribution in [0.25, 0.3) is 10.2 Å². The third kappa shape index (κ3) is 2.46. The average Bonchev–Trinajstić information content (AvgIpc) is 2.75. The van der Waals surface area contributed by atoms with E-state index >= 15 is 0 Å². The summed E-state index contributed by atoms with van der Waals surface area (Å²) in [5.74, 6) is 2.38. The van der Waals surface area contributed by atoms with Gasteiger partial charge in [0, 0.05) is 23.1 Å². The van der Waals surface area contributed by atoms with Gasteiger partial charge in [0.05, 0.1) is 18.6 Å². The maximum absolute atomic E-state index is 5.72. The molecule has 0 atom stereocenters. The first-order valence-corrected chi connectivity index (χ1v) is 7.99. The van der Waals surface area contributed by atoms with Gasteiger partial charge in [-0.3, -0.25) is 0 Å². The first-order valence-electron chi connectivity index (χ1n) is 7.17. The normalized spacial score (nSPS) is 13.9. The van der Waals surface area contributed by atoms with E-state index in [1.54, 1.807) is 17.7 Å². The Kier molecular flexibility index (Phi) is 3.31. The van der Waals surface area contributed by atoms with Crippen molar-refractivity contribution in [2.45, 2.75) is 13.3 Å². The number of benzene rings is 1. The third-order valence-electron chi connectivity index (χ3n) is 3.46. The van der Waals surface area contributed by atoms with E-state index in [-0.39, 0.29) is 0 Å². The van der Waals surface area contributed by atoms with Crippen LogP contribution in [0, 0.1) is 6.92 Å². The van der Waals surface area contributed by atoms with Crippen molar-refractivity contribution in [3.8, 4) is 11.5 Å². The second kappa shape index (κ2) is 5.46. The number of anilines is 2. The van der Waals surface area contributed by atoms with Gasteiger partial charge in [-0.2, -0.15) is 0 Å². The molecule has 112 valence electrons. The van der Waals surface area contributed by atoms with E-state index in [0.717, 1.165) is 39.6 Å². The fourth-order valence-electron chi connectivity index (χ4n) is 2.45. The van der Waals surface area contributed by atoms with Crippen LogP contribution in [0.2, 0.25) is 0 Å². The molecule has 0 fully saturated rings. The van der Waals surface area contributed by atoms with Crippen LogP contribution in [-0.4, -0.2) is 23.2 Å². The van der Waals surface area contributed by atoms with Gasteiger partial charge in [0.25, 0.3) is 0 Å². The molecule has 0 unspecified atom stereocenters. The molecular formula is C16H15N3O2S. The van der Waals surface area contributed by atoms with Crippen molar-refractivity contribution in [1.29, 1.82) is 0 Å². The van der Waals surface area contributed by atoms with Crippen LogP contribution in [0.3, 0.4) is 0 Å². The van der Waals surface area contributed by atoms with E-state index in [4.69, 9.17) is 9.47 Å². The Balaban J connectivity index is 1.69. The number of aryl methyl sites for hydroxylation is 1. The van der Waals surface area contributed by atoms with Crippen molar-refractivity contribution in [3.05, 3.63) is 35.5 Å². The Bertz CT molecular complexity index is 831. The molecule has 0 radical (unpaired) electrons. The zero-order valence-electron chi connectivity index (χ0n) is 12.1. The lowest BCUT2D eigenvalue weighted by molar-refractivity contribution is 0.297. The minimum absolute atomic E-state index is 0.679. The number of nitrogens with zero attached hydrogens (tertiary/aromatic N) is 2. The highest BCUT2D eigenvalue weighted by molar-refractivity contribution is 7.18. The van der Waals surface area contributed by atoms with Crippen LogP contribution in [0.4, 0.5) is 11.5 Å². The summed E-state index contributed by atoms with van der Waals surface area (Å²) in [6.07, 6.45) is 2.49. The summed E-state index contributed by atoms with van der Waals surface area (Å²) in [5, 5.41) is 4.39. The molecule has 1 aliphatic rings. The highest BCUT2D eigenvalue weighted by atomic mass is 32.1. The first kappa shape index (κ1) is 13.3. The van der Waals surface area contributed by atoms with E-state index in [0.29, 0.717) is 13.2 Å². The van der Waals surface area contributed by atoms with Crippen molar-refractivity contribution in [1.82, 2.24) is 9.97 Å². The number of ether oxygens (including phenoxy) is 2. The van der Waals surface area contributed by atoms with Crippen molar-refractivity contribution >= 4 is 33.1 Å². The number of thiophene rings is 1. The number of nitrogens with one attached hydrogen (secondary N) is 1. The van der Waals surface area contributed by atoms with Gasteiger partial charge in [0.15, 0.2) is 11.5 Å². The number of fused-ring (bicyclic) bond motifs is 2. The molecular weight excluding hydrogens is 298 g/mol. The monoisotopic (exact) mass is 313 g/mol. The fourth-order valence-corrected chi connectivity index (χ4v) is 3.30. The molecule has 0 saturated carbocycles. The van der Waals surface area contributed by atoms with E-state index < -0.39 is 0 Å². The molecule has 3 aromatic rings. The Morgan fingerprint density at radius 2 is 1.95 bits per heavy atom. The van der Waals surface area contributed by atoms with Crippen molar-refractivity contribution < 1.29 is 9.47 Å². The summed E-state index contributed by atoms with van der Waals surface area (Å²) >= 11 is 1.67. The van der Waals surface area contributed by atoms with Gasteiger partial charge in [-0.05, 0) is 25.1 Å². The van der Waals surface area contributed by atoms with Gasteiger partial charge in [0.1, 0.15) is 17.0 Å². The minimum Gasteiger partial charge on any atom is -0.490 e. The van der Waals surface area contributed by atoms with E-state index in [1.165, 1.54) is 4.88 Å². The Morgan fingerprint density at radius 1 is 1.09 bits per heavy atom. The number of hydrogen-bond acceptors (Lipinski definition) is 6. The molecule has 0 amide bonds. The molecule has 4 rings (SSSR count). The van der Waals surface area contributed by atoms with Gasteiger partial charge in [-0.1, -0.05) is 0 Å². The number of aromatic nitrogens is 2. The van der Waals surface area contributed by atoms with Crippen LogP contribution in [-0.2, 0) is 0 Å². The zero-order chi connectivity index (χ0) is 14.9. The molecule has 22 heavy (non-hydrogen) atoms. The molecule has 6 heteroatoms. The summed E-state index contributed by atoms with van der Waals surface area (Å²) in [5.41, 5.74) is 0.924. The highest BCUT2D eigenvalue weighted by Crippen LogP contribution is 2.34. The maximum Gasteiger partial charge on any atom is 0.163 e. The molecule has 1 N–H and O–H groups in total. The summed E-state index contributed by atoms with van der Waals surface area (Å²) < 4.78 is 11.4. The van der Waals surface area contributed by atoms with Crippen LogP contribution in [0.15, 0.2) is 30.6 Å². The molecule has 0 aliphatic carbocycles. The van der Waals surface area contributed by atoms with Gasteiger partial charge < -0.3 is 14.8 Å². The van der Waals surface area contributed by atoms with Gasteiger partial charge in [-0.25, -0.2) is 9.97 Å². The van der Waals surface area contributed by atoms with Gasteiger partial charge >= 0.3 is 0 Å². The van der Waals surface area contributed by atoms with Crippen LogP contribution < -0.4 is 14.8 Å². The zero-order valence-corrected chi connectivity index (χ0v) is 12.9. The number of hydrogen-bond donors (Lipinski definition) is 1. The Hall–Kier alpha value is -2.34. The molecule has 2 aromatic heterocycles. The molecule has 3 heterocycles. The second-order valence-electron chi connectivity index (χ2n) is 5.14. The summed E-state index contributed by atoms with van der Waals surface area (Å²) in [6, 6.07) is 7.96. The molecule has 0 bridgehead atoms. The van der Waals surface area contributed by atoms with E-state index in [2.05, 4.69) is 28.3 Å². The van der Waals surface area contributed by atoms with Crippen LogP contribution >= 0.6 is 11.3 Å². The summed E-state index contributed by atoms with van der Waals surface area (Å²) in [7, 11) is 0. The molecule has 1 aliphatic heterocycles. The number of rotatable bonds is 2. The lowest BCUT2D eigenvalue weighted by Crippen LogP contribution is -1.97. The minimum atomic E-state index is 0.679. The van der Waals surface area contributed by atoms with E-state index in [1.807, 2.05) is 18.2 Å². The predicted molar refractivity (Wildman–Crippen MR) is 87.5 cm³/mol. The van der Waals surface area contributed by atoms with Crippen molar-refractivity contribution in [3.63, 3.8) is 0 Å². The topological polar surface area (TPSA) is 56.3 Å². The Morgan fingerprint density at radius 3 is 2.86 bits per heavy atom. The van der Waals surface area contributed by atoms with Gasteiger partial charge in [-0.15, -0.1) is 11.3 Å². The lowest BCUT2D eigenvalue weighted by Gasteiger charge is -2.11. The smallest absolute Gasteiger partial charge is 0.163 e. The third-order valence-corrected chi connectivity index (χ3v) is 4.42. The molecule has 5 nitrogen and oxygen atoms in total. The molecule has 0 spiro atoms. The molecule has 1 aromatic carbocycles.